The number of nitrogens with zero attached hydrogens (tertiary/aromatic N) is 3. The standard InChI is InChI=1S/C25H54N3.2ClH/c1-7-13-19-26-25(27(20-14-8-2)21-15-9-3)28(22-16-10-4,23-17-11-5)24-18-12-6;;/h7-24H2,1-6H3;2*1H/q+1;;/p-1. The van der Waals surface area contributed by atoms with Crippen molar-refractivity contribution in [3.05, 3.63) is 0 Å². The third kappa shape index (κ3) is 14.1. The highest BCUT2D eigenvalue weighted by Gasteiger charge is 2.36. The number of unbranched alkanes of at least 4 members (excludes halogenated alkanes) is 6. The molecule has 0 N–H and O–H groups in total. The second-order valence-electron chi connectivity index (χ2n) is 8.61. The Morgan fingerprint density at radius 2 is 0.967 bits per heavy atom. The van der Waals surface area contributed by atoms with E-state index in [1.807, 2.05) is 0 Å². The van der Waals surface area contributed by atoms with Gasteiger partial charge in [-0.05, 0) is 38.5 Å². The molecule has 30 heavy (non-hydrogen) atoms. The molecule has 0 saturated carbocycles. The van der Waals surface area contributed by atoms with Gasteiger partial charge in [0.1, 0.15) is 0 Å². The second-order valence-corrected chi connectivity index (χ2v) is 8.61. The average Bonchev–Trinajstić information content (AvgIpc) is 2.72. The number of rotatable bonds is 18. The molecular formula is C25H55Cl2N3. The summed E-state index contributed by atoms with van der Waals surface area (Å²) in [5.74, 6) is 1.45. The maximum absolute atomic E-state index is 5.37. The van der Waals surface area contributed by atoms with Crippen LogP contribution in [0.1, 0.15) is 119 Å². The van der Waals surface area contributed by atoms with Crippen molar-refractivity contribution in [2.45, 2.75) is 119 Å². The molecule has 0 spiro atoms. The molecule has 0 aromatic carbocycles. The van der Waals surface area contributed by atoms with Crippen molar-refractivity contribution < 1.29 is 16.9 Å². The van der Waals surface area contributed by atoms with Gasteiger partial charge in [-0.1, -0.05) is 80.1 Å². The highest BCUT2D eigenvalue weighted by Crippen LogP contribution is 2.20. The zero-order valence-corrected chi connectivity index (χ0v) is 22.9. The van der Waals surface area contributed by atoms with E-state index < -0.39 is 0 Å². The lowest BCUT2D eigenvalue weighted by molar-refractivity contribution is -0.848. The largest absolute Gasteiger partial charge is 1.00 e. The molecule has 0 fully saturated rings. The minimum absolute atomic E-state index is 0. The van der Waals surface area contributed by atoms with Crippen LogP contribution in [0.2, 0.25) is 0 Å². The van der Waals surface area contributed by atoms with Crippen LogP contribution in [0.5, 0.6) is 0 Å². The van der Waals surface area contributed by atoms with Crippen LogP contribution in [0.4, 0.5) is 0 Å². The van der Waals surface area contributed by atoms with Gasteiger partial charge in [-0.3, -0.25) is 4.48 Å². The Kier molecular flexibility index (Phi) is 27.3. The summed E-state index contributed by atoms with van der Waals surface area (Å²) in [6.07, 6.45) is 15.3. The summed E-state index contributed by atoms with van der Waals surface area (Å²) >= 11 is 0. The number of quaternary nitrogens is 1. The molecule has 0 aromatic rings. The zero-order valence-electron chi connectivity index (χ0n) is 21.4. The van der Waals surface area contributed by atoms with Crippen LogP contribution in [-0.4, -0.2) is 54.6 Å². The van der Waals surface area contributed by atoms with Crippen LogP contribution < -0.4 is 12.4 Å². The molecule has 0 radical (unpaired) electrons. The van der Waals surface area contributed by atoms with Crippen LogP contribution in [0.25, 0.3) is 0 Å². The fourth-order valence-electron chi connectivity index (χ4n) is 3.91. The fraction of sp³-hybridized carbons (Fsp3) is 0.960. The molecule has 0 amide bonds. The number of halogens is 2. The van der Waals surface area contributed by atoms with Crippen LogP contribution in [0.15, 0.2) is 4.99 Å². The van der Waals surface area contributed by atoms with Crippen molar-refractivity contribution in [1.82, 2.24) is 4.90 Å². The molecule has 3 nitrogen and oxygen atoms in total. The van der Waals surface area contributed by atoms with Crippen LogP contribution in [0.3, 0.4) is 0 Å². The molecule has 0 heterocycles. The number of hydrogen-bond acceptors (Lipinski definition) is 1. The molecule has 0 aliphatic carbocycles. The lowest BCUT2D eigenvalue weighted by Gasteiger charge is -2.43. The molecule has 0 rings (SSSR count). The molecule has 0 unspecified atom stereocenters. The Balaban J connectivity index is -0.00000364. The van der Waals surface area contributed by atoms with Gasteiger partial charge in [-0.2, -0.15) is 0 Å². The second kappa shape index (κ2) is 23.7. The van der Waals surface area contributed by atoms with Gasteiger partial charge in [0, 0.05) is 19.6 Å². The third-order valence-corrected chi connectivity index (χ3v) is 5.85. The molecule has 0 saturated heterocycles. The summed E-state index contributed by atoms with van der Waals surface area (Å²) in [5, 5.41) is 0. The maximum atomic E-state index is 5.37. The van der Waals surface area contributed by atoms with Gasteiger partial charge in [-0.15, -0.1) is 12.4 Å². The van der Waals surface area contributed by atoms with Gasteiger partial charge in [0.15, 0.2) is 0 Å². The summed E-state index contributed by atoms with van der Waals surface area (Å²) < 4.78 is 1.15. The number of aliphatic imine (C=N–C) groups is 1. The molecule has 0 aromatic heterocycles. The van der Waals surface area contributed by atoms with Gasteiger partial charge in [-0.25, -0.2) is 4.99 Å². The van der Waals surface area contributed by atoms with Gasteiger partial charge in [0.2, 0.25) is 0 Å². The first-order chi connectivity index (χ1) is 13.7. The first-order valence-electron chi connectivity index (χ1n) is 12.8. The lowest BCUT2D eigenvalue weighted by atomic mass is 10.1. The predicted molar refractivity (Wildman–Crippen MR) is 135 cm³/mol. The minimum Gasteiger partial charge on any atom is -1.00 e. The van der Waals surface area contributed by atoms with Crippen molar-refractivity contribution >= 4 is 18.4 Å². The Morgan fingerprint density at radius 3 is 1.30 bits per heavy atom. The van der Waals surface area contributed by atoms with E-state index in [-0.39, 0.29) is 24.8 Å². The Morgan fingerprint density at radius 1 is 0.600 bits per heavy atom. The Hall–Kier alpha value is 0.01000. The number of hydrogen-bond donors (Lipinski definition) is 0. The summed E-state index contributed by atoms with van der Waals surface area (Å²) in [6, 6.07) is 0. The lowest BCUT2D eigenvalue weighted by Crippen LogP contribution is -3.00. The maximum Gasteiger partial charge on any atom is 0.300 e. The van der Waals surface area contributed by atoms with Crippen molar-refractivity contribution in [3.8, 4) is 0 Å². The summed E-state index contributed by atoms with van der Waals surface area (Å²) in [5.41, 5.74) is 0. The first kappa shape index (κ1) is 34.6. The van der Waals surface area contributed by atoms with Crippen LogP contribution >= 0.6 is 12.4 Å². The zero-order chi connectivity index (χ0) is 21.1. The normalized spacial score (nSPS) is 11.7. The summed E-state index contributed by atoms with van der Waals surface area (Å²) in [6.45, 7) is 21.1. The minimum atomic E-state index is 0. The van der Waals surface area contributed by atoms with Crippen molar-refractivity contribution in [3.63, 3.8) is 0 Å². The van der Waals surface area contributed by atoms with Crippen LogP contribution in [-0.2, 0) is 0 Å². The molecular weight excluding hydrogens is 413 g/mol. The fourth-order valence-corrected chi connectivity index (χ4v) is 3.91. The average molecular weight is 469 g/mol. The molecule has 0 atom stereocenters. The topological polar surface area (TPSA) is 15.6 Å². The molecule has 0 aliphatic rings. The summed E-state index contributed by atoms with van der Waals surface area (Å²) in [4.78, 5) is 8.08. The van der Waals surface area contributed by atoms with Gasteiger partial charge in [0.25, 0.3) is 5.96 Å². The van der Waals surface area contributed by atoms with E-state index in [1.165, 1.54) is 116 Å². The van der Waals surface area contributed by atoms with Crippen molar-refractivity contribution in [2.75, 3.05) is 39.3 Å². The van der Waals surface area contributed by atoms with E-state index in [4.69, 9.17) is 4.99 Å². The first-order valence-corrected chi connectivity index (χ1v) is 12.8. The molecule has 0 bridgehead atoms. The van der Waals surface area contributed by atoms with Crippen LogP contribution in [0, 0.1) is 0 Å². The quantitative estimate of drug-likeness (QED) is 0.123. The van der Waals surface area contributed by atoms with Gasteiger partial charge < -0.3 is 17.3 Å². The summed E-state index contributed by atoms with van der Waals surface area (Å²) in [7, 11) is 0. The van der Waals surface area contributed by atoms with Crippen molar-refractivity contribution in [2.24, 2.45) is 4.99 Å². The highest BCUT2D eigenvalue weighted by atomic mass is 35.5. The van der Waals surface area contributed by atoms with E-state index >= 15 is 0 Å². The number of guanidine groups is 1. The van der Waals surface area contributed by atoms with E-state index in [2.05, 4.69) is 46.4 Å². The predicted octanol–water partition coefficient (Wildman–Crippen LogP) is 4.69. The third-order valence-electron chi connectivity index (χ3n) is 5.85. The van der Waals surface area contributed by atoms with Crippen molar-refractivity contribution in [1.29, 1.82) is 0 Å². The molecule has 0 aliphatic heterocycles. The Labute approximate surface area is 202 Å². The molecule has 184 valence electrons. The molecule has 5 heteroatoms. The van der Waals surface area contributed by atoms with E-state index in [1.54, 1.807) is 0 Å². The van der Waals surface area contributed by atoms with Gasteiger partial charge >= 0.3 is 0 Å². The van der Waals surface area contributed by atoms with E-state index in [0.717, 1.165) is 11.0 Å². The SMILES string of the molecule is CCCCN=C(N(CCCC)CCCC)[N+](CCCC)(CCCC)CCCC.Cl.[Cl-]. The smallest absolute Gasteiger partial charge is 0.300 e. The van der Waals surface area contributed by atoms with Gasteiger partial charge in [0.05, 0.1) is 19.6 Å². The van der Waals surface area contributed by atoms with E-state index in [9.17, 15) is 0 Å². The van der Waals surface area contributed by atoms with E-state index in [0.29, 0.717) is 0 Å². The highest BCUT2D eigenvalue weighted by molar-refractivity contribution is 5.85. The monoisotopic (exact) mass is 467 g/mol. The Bertz CT molecular complexity index is 346.